The van der Waals surface area contributed by atoms with E-state index in [4.69, 9.17) is 9.47 Å². The highest BCUT2D eigenvalue weighted by Gasteiger charge is 2.48. The third-order valence-corrected chi connectivity index (χ3v) is 8.00. The lowest BCUT2D eigenvalue weighted by molar-refractivity contribution is -0.149. The predicted molar refractivity (Wildman–Crippen MR) is 153 cm³/mol. The van der Waals surface area contributed by atoms with E-state index < -0.39 is 35.5 Å². The van der Waals surface area contributed by atoms with Crippen molar-refractivity contribution in [3.8, 4) is 11.1 Å². The molecule has 0 aromatic heterocycles. The van der Waals surface area contributed by atoms with E-state index in [1.807, 2.05) is 78.7 Å². The molecule has 2 aliphatic rings. The number of benzene rings is 3. The van der Waals surface area contributed by atoms with Gasteiger partial charge in [0.1, 0.15) is 18.1 Å². The number of hydrogen-bond donors (Lipinski definition) is 3. The number of carbonyl (C=O) groups is 3. The zero-order valence-corrected chi connectivity index (χ0v) is 23.2. The minimum absolute atomic E-state index is 0.00827. The normalized spacial score (nSPS) is 20.2. The van der Waals surface area contributed by atoms with Crippen LogP contribution >= 0.6 is 0 Å². The molecule has 2 amide bonds. The number of amides is 2. The van der Waals surface area contributed by atoms with Gasteiger partial charge in [-0.1, -0.05) is 78.9 Å². The molecule has 0 radical (unpaired) electrons. The number of carbonyl (C=O) groups excluding carboxylic acids is 2. The molecule has 1 aliphatic heterocycles. The molecule has 1 saturated heterocycles. The molecule has 3 N–H and O–H groups in total. The van der Waals surface area contributed by atoms with E-state index in [0.717, 1.165) is 27.8 Å². The van der Waals surface area contributed by atoms with E-state index in [0.29, 0.717) is 6.54 Å². The molecule has 1 fully saturated rings. The maximum absolute atomic E-state index is 13.5. The van der Waals surface area contributed by atoms with E-state index in [1.165, 1.54) is 0 Å². The van der Waals surface area contributed by atoms with Crippen LogP contribution in [0, 0.1) is 5.41 Å². The Morgan fingerprint density at radius 2 is 1.61 bits per heavy atom. The van der Waals surface area contributed by atoms with Gasteiger partial charge in [0, 0.05) is 19.0 Å². The van der Waals surface area contributed by atoms with Crippen LogP contribution in [0.2, 0.25) is 0 Å². The first-order valence-electron chi connectivity index (χ1n) is 13.7. The minimum Gasteiger partial charge on any atom is -0.481 e. The predicted octanol–water partition coefficient (Wildman–Crippen LogP) is 3.63. The maximum Gasteiger partial charge on any atom is 0.407 e. The highest BCUT2D eigenvalue weighted by atomic mass is 16.5. The zero-order valence-electron chi connectivity index (χ0n) is 23.2. The van der Waals surface area contributed by atoms with Gasteiger partial charge in [-0.3, -0.25) is 14.5 Å². The average molecular weight is 558 g/mol. The second-order valence-electron chi connectivity index (χ2n) is 11.0. The molecule has 0 saturated carbocycles. The molecule has 3 aromatic rings. The van der Waals surface area contributed by atoms with Crippen molar-refractivity contribution < 1.29 is 29.0 Å². The third kappa shape index (κ3) is 6.11. The van der Waals surface area contributed by atoms with Crippen LogP contribution in [0.4, 0.5) is 4.79 Å². The molecule has 0 bridgehead atoms. The number of fused-ring (bicyclic) bond motifs is 3. The summed E-state index contributed by atoms with van der Waals surface area (Å²) in [4.78, 5) is 40.4. The Balaban J connectivity index is 1.28. The first-order valence-corrected chi connectivity index (χ1v) is 13.7. The van der Waals surface area contributed by atoms with E-state index in [1.54, 1.807) is 6.92 Å². The molecule has 41 heavy (non-hydrogen) atoms. The van der Waals surface area contributed by atoms with Crippen molar-refractivity contribution in [3.63, 3.8) is 0 Å². The van der Waals surface area contributed by atoms with Crippen molar-refractivity contribution in [3.05, 3.63) is 95.6 Å². The number of ether oxygens (including phenoxy) is 2. The summed E-state index contributed by atoms with van der Waals surface area (Å²) in [5, 5.41) is 15.3. The Kier molecular flexibility index (Phi) is 8.37. The number of nitrogens with one attached hydrogen (secondary N) is 2. The summed E-state index contributed by atoms with van der Waals surface area (Å²) in [5.41, 5.74) is 4.22. The topological polar surface area (TPSA) is 117 Å². The van der Waals surface area contributed by atoms with Gasteiger partial charge >= 0.3 is 12.1 Å². The van der Waals surface area contributed by atoms with Gasteiger partial charge in [-0.25, -0.2) is 4.79 Å². The van der Waals surface area contributed by atoms with Gasteiger partial charge in [0.2, 0.25) is 5.91 Å². The zero-order chi connectivity index (χ0) is 29.0. The van der Waals surface area contributed by atoms with Gasteiger partial charge in [0.05, 0.1) is 19.3 Å². The summed E-state index contributed by atoms with van der Waals surface area (Å²) in [6.07, 6.45) is -0.719. The Labute approximate surface area is 239 Å². The summed E-state index contributed by atoms with van der Waals surface area (Å²) in [5.74, 6) is -1.67. The molecule has 1 heterocycles. The molecule has 1 aliphatic carbocycles. The Morgan fingerprint density at radius 1 is 1.00 bits per heavy atom. The molecule has 3 unspecified atom stereocenters. The van der Waals surface area contributed by atoms with Gasteiger partial charge < -0.3 is 25.2 Å². The monoisotopic (exact) mass is 557 g/mol. The highest BCUT2D eigenvalue weighted by Crippen LogP contribution is 2.44. The number of nitrogens with zero attached hydrogens (tertiary/aromatic N) is 1. The standard InChI is InChI=1S/C32H35N3O6/c1-32(30(37)38)20-40-19-28(32)34-29(36)27(17-35(2)16-21-10-4-3-5-11-21)33-31(39)41-18-26-24-14-8-6-12-22(24)23-13-7-9-15-25(23)26/h3-15,26-28H,16-20H2,1-2H3,(H,33,39)(H,34,36)(H,37,38). The largest absolute Gasteiger partial charge is 0.481 e. The average Bonchev–Trinajstić information content (AvgIpc) is 3.50. The lowest BCUT2D eigenvalue weighted by Crippen LogP contribution is -2.57. The van der Waals surface area contributed by atoms with E-state index in [2.05, 4.69) is 22.8 Å². The fourth-order valence-electron chi connectivity index (χ4n) is 5.61. The second kappa shape index (κ2) is 12.1. The van der Waals surface area contributed by atoms with Gasteiger partial charge in [-0.05, 0) is 41.8 Å². The van der Waals surface area contributed by atoms with Gasteiger partial charge in [0.15, 0.2) is 0 Å². The van der Waals surface area contributed by atoms with Crippen molar-refractivity contribution in [2.45, 2.75) is 31.5 Å². The van der Waals surface area contributed by atoms with Crippen molar-refractivity contribution >= 4 is 18.0 Å². The summed E-state index contributed by atoms with van der Waals surface area (Å²) < 4.78 is 11.1. The van der Waals surface area contributed by atoms with Gasteiger partial charge in [-0.15, -0.1) is 0 Å². The lowest BCUT2D eigenvalue weighted by Gasteiger charge is -2.29. The number of aliphatic carboxylic acids is 1. The molecule has 5 rings (SSSR count). The van der Waals surface area contributed by atoms with Crippen LogP contribution in [0.1, 0.15) is 29.5 Å². The molecular formula is C32H35N3O6. The molecule has 3 atom stereocenters. The summed E-state index contributed by atoms with van der Waals surface area (Å²) in [7, 11) is 1.85. The first kappa shape index (κ1) is 28.3. The maximum atomic E-state index is 13.5. The summed E-state index contributed by atoms with van der Waals surface area (Å²) in [6, 6.07) is 24.2. The highest BCUT2D eigenvalue weighted by molar-refractivity contribution is 5.87. The first-order chi connectivity index (χ1) is 19.8. The van der Waals surface area contributed by atoms with Crippen molar-refractivity contribution in [2.24, 2.45) is 5.41 Å². The molecule has 0 spiro atoms. The van der Waals surface area contributed by atoms with Crippen molar-refractivity contribution in [1.29, 1.82) is 0 Å². The van der Waals surface area contributed by atoms with Crippen molar-refractivity contribution in [2.75, 3.05) is 33.4 Å². The number of hydrogen-bond acceptors (Lipinski definition) is 6. The number of carboxylic acid groups (broad SMARTS) is 1. The second-order valence-corrected chi connectivity index (χ2v) is 11.0. The van der Waals surface area contributed by atoms with E-state index in [9.17, 15) is 19.5 Å². The fourth-order valence-corrected chi connectivity index (χ4v) is 5.61. The molecule has 214 valence electrons. The SMILES string of the molecule is CN(Cc1ccccc1)CC(NC(=O)OCC1c2ccccc2-c2ccccc21)C(=O)NC1COCC1(C)C(=O)O. The summed E-state index contributed by atoms with van der Waals surface area (Å²) in [6.45, 7) is 2.46. The van der Waals surface area contributed by atoms with Crippen molar-refractivity contribution in [1.82, 2.24) is 15.5 Å². The Hall–Kier alpha value is -4.21. The Bertz CT molecular complexity index is 1370. The molecule has 3 aromatic carbocycles. The number of rotatable bonds is 10. The van der Waals surface area contributed by atoms with Crippen LogP contribution in [-0.2, 0) is 25.6 Å². The van der Waals surface area contributed by atoms with E-state index >= 15 is 0 Å². The van der Waals surface area contributed by atoms with Gasteiger partial charge in [-0.2, -0.15) is 0 Å². The van der Waals surface area contributed by atoms with Crippen LogP contribution < -0.4 is 10.6 Å². The molecular weight excluding hydrogens is 522 g/mol. The van der Waals surface area contributed by atoms with E-state index in [-0.39, 0.29) is 32.3 Å². The smallest absolute Gasteiger partial charge is 0.407 e. The number of alkyl carbamates (subject to hydrolysis) is 1. The number of carboxylic acids is 1. The third-order valence-electron chi connectivity index (χ3n) is 8.00. The quantitative estimate of drug-likeness (QED) is 0.349. The Morgan fingerprint density at radius 3 is 2.24 bits per heavy atom. The lowest BCUT2D eigenvalue weighted by atomic mass is 9.85. The van der Waals surface area contributed by atoms with Crippen LogP contribution in [0.3, 0.4) is 0 Å². The van der Waals surface area contributed by atoms with Gasteiger partial charge in [0.25, 0.3) is 0 Å². The minimum atomic E-state index is -1.26. The molecule has 9 nitrogen and oxygen atoms in total. The van der Waals surface area contributed by atoms with Crippen LogP contribution in [0.5, 0.6) is 0 Å². The van der Waals surface area contributed by atoms with Crippen LogP contribution in [-0.4, -0.2) is 73.5 Å². The number of likely N-dealkylation sites (N-methyl/N-ethyl adjacent to an activating group) is 1. The fraction of sp³-hybridized carbons (Fsp3) is 0.344. The van der Waals surface area contributed by atoms with Crippen LogP contribution in [0.25, 0.3) is 11.1 Å². The van der Waals surface area contributed by atoms with Crippen LogP contribution in [0.15, 0.2) is 78.9 Å². The summed E-state index contributed by atoms with van der Waals surface area (Å²) >= 11 is 0. The molecule has 9 heteroatoms.